The fraction of sp³-hybridized carbons (Fsp3) is 0.250. The van der Waals surface area contributed by atoms with Crippen LogP contribution in [-0.4, -0.2) is 11.3 Å². The van der Waals surface area contributed by atoms with E-state index in [1.807, 2.05) is 0 Å². The second kappa shape index (κ2) is 4.45. The molecule has 0 saturated carbocycles. The number of alkyl halides is 3. The van der Waals surface area contributed by atoms with Crippen LogP contribution in [0.15, 0.2) is 10.9 Å². The molecule has 1 aromatic heterocycles. The van der Waals surface area contributed by atoms with Crippen LogP contribution in [0.3, 0.4) is 0 Å². The Morgan fingerprint density at radius 1 is 1.57 bits per heavy atom. The van der Waals surface area contributed by atoms with Gasteiger partial charge in [-0.2, -0.15) is 0 Å². The molecule has 0 saturated heterocycles. The number of carbonyl (C=O) groups excluding carboxylic acids is 1. The Morgan fingerprint density at radius 3 is 2.64 bits per heavy atom. The van der Waals surface area contributed by atoms with Crippen molar-refractivity contribution in [3.63, 3.8) is 0 Å². The smallest absolute Gasteiger partial charge is 0.278 e. The normalized spacial score (nSPS) is 10.6. The Kier molecular flexibility index (Phi) is 3.51. The summed E-state index contributed by atoms with van der Waals surface area (Å²) in [4.78, 5) is 23.9. The molecule has 0 aliphatic heterocycles. The highest BCUT2D eigenvalue weighted by molar-refractivity contribution is 9.08. The summed E-state index contributed by atoms with van der Waals surface area (Å²) in [6.45, 7) is 0. The van der Waals surface area contributed by atoms with E-state index in [-0.39, 0.29) is 16.6 Å². The Bertz CT molecular complexity index is 403. The molecule has 6 heteroatoms. The minimum Gasteiger partial charge on any atom is -0.351 e. The van der Waals surface area contributed by atoms with E-state index in [9.17, 15) is 18.4 Å². The van der Waals surface area contributed by atoms with Gasteiger partial charge in [-0.05, 0) is 0 Å². The number of carbonyl (C=O) groups is 1. The molecule has 14 heavy (non-hydrogen) atoms. The van der Waals surface area contributed by atoms with Gasteiger partial charge in [0.25, 0.3) is 6.43 Å². The van der Waals surface area contributed by atoms with E-state index in [2.05, 4.69) is 20.9 Å². The van der Waals surface area contributed by atoms with Gasteiger partial charge in [-0.1, -0.05) is 15.9 Å². The number of aldehydes is 1. The first kappa shape index (κ1) is 11.0. The number of aromatic nitrogens is 1. The van der Waals surface area contributed by atoms with Gasteiger partial charge in [0.05, 0.1) is 11.4 Å². The predicted molar refractivity (Wildman–Crippen MR) is 50.0 cm³/mol. The van der Waals surface area contributed by atoms with Crippen LogP contribution >= 0.6 is 15.9 Å². The van der Waals surface area contributed by atoms with E-state index < -0.39 is 17.5 Å². The van der Waals surface area contributed by atoms with Crippen LogP contribution in [0, 0.1) is 0 Å². The zero-order chi connectivity index (χ0) is 10.7. The van der Waals surface area contributed by atoms with Crippen molar-refractivity contribution in [3.8, 4) is 0 Å². The van der Waals surface area contributed by atoms with E-state index in [0.29, 0.717) is 6.29 Å². The van der Waals surface area contributed by atoms with Crippen molar-refractivity contribution in [1.29, 1.82) is 0 Å². The average Bonchev–Trinajstić information content (AvgIpc) is 2.16. The molecule has 0 atom stereocenters. The van der Waals surface area contributed by atoms with Crippen molar-refractivity contribution >= 4 is 22.2 Å². The standard InChI is InChI=1S/C8H6BrF2NO2/c9-2-4-6(3-13)12-5(8(10)11)1-7(4)14/h1,3,8H,2H2,(H,12,14). The van der Waals surface area contributed by atoms with Gasteiger partial charge in [-0.15, -0.1) is 0 Å². The van der Waals surface area contributed by atoms with Crippen molar-refractivity contribution in [2.45, 2.75) is 11.8 Å². The van der Waals surface area contributed by atoms with Crippen molar-refractivity contribution in [2.75, 3.05) is 0 Å². The molecule has 3 nitrogen and oxygen atoms in total. The van der Waals surface area contributed by atoms with Crippen molar-refractivity contribution in [1.82, 2.24) is 4.98 Å². The van der Waals surface area contributed by atoms with Crippen molar-refractivity contribution < 1.29 is 13.6 Å². The lowest BCUT2D eigenvalue weighted by atomic mass is 10.2. The molecule has 0 aromatic carbocycles. The monoisotopic (exact) mass is 265 g/mol. The van der Waals surface area contributed by atoms with Gasteiger partial charge in [0, 0.05) is 17.0 Å². The van der Waals surface area contributed by atoms with E-state index in [1.165, 1.54) is 0 Å². The molecule has 1 aromatic rings. The zero-order valence-electron chi connectivity index (χ0n) is 6.89. The Morgan fingerprint density at radius 2 is 2.21 bits per heavy atom. The summed E-state index contributed by atoms with van der Waals surface area (Å²) in [6, 6.07) is 0.800. The van der Waals surface area contributed by atoms with Crippen LogP contribution in [-0.2, 0) is 5.33 Å². The highest BCUT2D eigenvalue weighted by atomic mass is 79.9. The highest BCUT2D eigenvalue weighted by Crippen LogP contribution is 2.16. The molecular weight excluding hydrogens is 260 g/mol. The van der Waals surface area contributed by atoms with Crippen LogP contribution in [0.25, 0.3) is 0 Å². The fourth-order valence-corrected chi connectivity index (χ4v) is 1.56. The fourth-order valence-electron chi connectivity index (χ4n) is 0.984. The number of hydrogen-bond acceptors (Lipinski definition) is 2. The van der Waals surface area contributed by atoms with Gasteiger partial charge in [0.1, 0.15) is 0 Å². The number of nitrogens with one attached hydrogen (secondary N) is 1. The van der Waals surface area contributed by atoms with Crippen LogP contribution < -0.4 is 5.43 Å². The maximum Gasteiger partial charge on any atom is 0.278 e. The summed E-state index contributed by atoms with van der Waals surface area (Å²) in [7, 11) is 0. The second-order valence-corrected chi connectivity index (χ2v) is 3.09. The lowest BCUT2D eigenvalue weighted by Crippen LogP contribution is -2.14. The van der Waals surface area contributed by atoms with E-state index >= 15 is 0 Å². The summed E-state index contributed by atoms with van der Waals surface area (Å²) >= 11 is 3.00. The van der Waals surface area contributed by atoms with Gasteiger partial charge in [-0.25, -0.2) is 8.78 Å². The van der Waals surface area contributed by atoms with Crippen LogP contribution in [0.4, 0.5) is 8.78 Å². The van der Waals surface area contributed by atoms with Gasteiger partial charge >= 0.3 is 0 Å². The molecule has 0 fully saturated rings. The first-order chi connectivity index (χ1) is 6.60. The first-order valence-corrected chi connectivity index (χ1v) is 4.77. The third-order valence-corrected chi connectivity index (χ3v) is 2.24. The maximum absolute atomic E-state index is 12.2. The number of pyridine rings is 1. The first-order valence-electron chi connectivity index (χ1n) is 3.65. The molecule has 0 aliphatic rings. The molecule has 0 unspecified atom stereocenters. The topological polar surface area (TPSA) is 49.9 Å². The molecule has 1 N–H and O–H groups in total. The molecule has 0 amide bonds. The minimum atomic E-state index is -2.79. The largest absolute Gasteiger partial charge is 0.351 e. The quantitative estimate of drug-likeness (QED) is 0.672. The molecule has 76 valence electrons. The molecule has 0 aliphatic carbocycles. The lowest BCUT2D eigenvalue weighted by Gasteiger charge is -2.04. The molecule has 0 spiro atoms. The van der Waals surface area contributed by atoms with E-state index in [0.717, 1.165) is 6.07 Å². The third kappa shape index (κ3) is 2.06. The SMILES string of the molecule is O=Cc1[nH]c(C(F)F)cc(=O)c1CBr. The van der Waals surface area contributed by atoms with Crippen LogP contribution in [0.2, 0.25) is 0 Å². The van der Waals surface area contributed by atoms with Crippen LogP contribution in [0.5, 0.6) is 0 Å². The summed E-state index contributed by atoms with van der Waals surface area (Å²) < 4.78 is 24.4. The Balaban J connectivity index is 3.39. The summed E-state index contributed by atoms with van der Waals surface area (Å²) in [5.74, 6) is 0. The van der Waals surface area contributed by atoms with Crippen molar-refractivity contribution in [3.05, 3.63) is 33.2 Å². The van der Waals surface area contributed by atoms with E-state index in [4.69, 9.17) is 0 Å². The minimum absolute atomic E-state index is 0.107. The molecular formula is C8H6BrF2NO2. The predicted octanol–water partition coefficient (Wildman–Crippen LogP) is 2.02. The lowest BCUT2D eigenvalue weighted by molar-refractivity contribution is 0.111. The Hall–Kier alpha value is -1.04. The maximum atomic E-state index is 12.2. The van der Waals surface area contributed by atoms with Crippen molar-refractivity contribution in [2.24, 2.45) is 0 Å². The molecule has 0 radical (unpaired) electrons. The van der Waals surface area contributed by atoms with Crippen LogP contribution in [0.1, 0.15) is 28.2 Å². The number of halogens is 3. The molecule has 1 heterocycles. The molecule has 1 rings (SSSR count). The number of aromatic amines is 1. The summed E-state index contributed by atoms with van der Waals surface area (Å²) in [5.41, 5.74) is -1.06. The Labute approximate surface area is 86.3 Å². The zero-order valence-corrected chi connectivity index (χ0v) is 8.48. The van der Waals surface area contributed by atoms with Gasteiger partial charge in [-0.3, -0.25) is 9.59 Å². The number of H-pyrrole nitrogens is 1. The van der Waals surface area contributed by atoms with E-state index in [1.54, 1.807) is 0 Å². The summed E-state index contributed by atoms with van der Waals surface area (Å²) in [5, 5.41) is 0.153. The number of hydrogen-bond donors (Lipinski definition) is 1. The molecule has 0 bridgehead atoms. The second-order valence-electron chi connectivity index (χ2n) is 2.53. The summed E-state index contributed by atoms with van der Waals surface area (Å²) in [6.07, 6.45) is -2.44. The van der Waals surface area contributed by atoms with Gasteiger partial charge in [0.15, 0.2) is 11.7 Å². The van der Waals surface area contributed by atoms with Gasteiger partial charge < -0.3 is 4.98 Å². The van der Waals surface area contributed by atoms with Gasteiger partial charge in [0.2, 0.25) is 0 Å². The third-order valence-electron chi connectivity index (χ3n) is 1.67. The average molecular weight is 266 g/mol. The number of rotatable bonds is 3. The highest BCUT2D eigenvalue weighted by Gasteiger charge is 2.13.